The number of halogens is 5. The minimum Gasteiger partial charge on any atom is -0.478 e. The molecule has 1 unspecified atom stereocenters. The Bertz CT molecular complexity index is 758. The summed E-state index contributed by atoms with van der Waals surface area (Å²) in [7, 11) is 0. The van der Waals surface area contributed by atoms with Crippen molar-refractivity contribution >= 4 is 43.9 Å². The van der Waals surface area contributed by atoms with E-state index in [1.165, 1.54) is 6.92 Å². The second kappa shape index (κ2) is 5.31. The minimum absolute atomic E-state index is 0.118. The zero-order valence-electron chi connectivity index (χ0n) is 13.3. The van der Waals surface area contributed by atoms with Crippen molar-refractivity contribution in [2.75, 3.05) is 0 Å². The number of fused-ring (bicyclic) bond motifs is 1. The van der Waals surface area contributed by atoms with Crippen LogP contribution < -0.4 is 4.74 Å². The van der Waals surface area contributed by atoms with Crippen molar-refractivity contribution in [1.82, 2.24) is 0 Å². The number of alkyl halides is 3. The molecule has 1 heterocycles. The molecule has 3 nitrogen and oxygen atoms in total. The number of rotatable bonds is 1. The molecule has 0 amide bonds. The fourth-order valence-electron chi connectivity index (χ4n) is 1.89. The van der Waals surface area contributed by atoms with Gasteiger partial charge >= 0.3 is 12.1 Å². The monoisotopic (exact) mass is 431 g/mol. The van der Waals surface area contributed by atoms with Crippen molar-refractivity contribution in [3.8, 4) is 5.75 Å². The van der Waals surface area contributed by atoms with Crippen molar-refractivity contribution in [3.05, 3.63) is 31.2 Å². The standard InChI is InChI=1S/C13H9Br2F3O3/c1-4-6-3-7(12(19)20)11(13(16,17)18)21-10(6)9(15)5(2)8(4)14/h3,11H,1-2H3,(H,19,20)/i1D3. The van der Waals surface area contributed by atoms with E-state index in [1.54, 1.807) is 0 Å². The first kappa shape index (κ1) is 12.5. The zero-order valence-corrected chi connectivity index (χ0v) is 13.5. The molecular formula is C13H9Br2F3O3. The first-order chi connectivity index (χ1) is 10.8. The van der Waals surface area contributed by atoms with Crippen molar-refractivity contribution in [3.63, 3.8) is 0 Å². The third kappa shape index (κ3) is 2.70. The number of hydrogen-bond donors (Lipinski definition) is 1. The highest BCUT2D eigenvalue weighted by Gasteiger charge is 2.49. The molecule has 1 atom stereocenters. The predicted octanol–water partition coefficient (Wildman–Crippen LogP) is 4.62. The third-order valence-electron chi connectivity index (χ3n) is 2.95. The van der Waals surface area contributed by atoms with Crippen LogP contribution in [0.5, 0.6) is 5.75 Å². The first-order valence-corrected chi connectivity index (χ1v) is 7.05. The van der Waals surface area contributed by atoms with Gasteiger partial charge in [-0.2, -0.15) is 13.2 Å². The Morgan fingerprint density at radius 1 is 1.38 bits per heavy atom. The zero-order chi connectivity index (χ0) is 18.6. The highest BCUT2D eigenvalue weighted by molar-refractivity contribution is 9.11. The van der Waals surface area contributed by atoms with Crippen molar-refractivity contribution in [1.29, 1.82) is 0 Å². The van der Waals surface area contributed by atoms with E-state index in [0.29, 0.717) is 11.6 Å². The van der Waals surface area contributed by atoms with Crippen LogP contribution in [0, 0.1) is 13.8 Å². The van der Waals surface area contributed by atoms with Crippen LogP contribution in [-0.2, 0) is 4.79 Å². The number of benzene rings is 1. The van der Waals surface area contributed by atoms with Crippen LogP contribution in [-0.4, -0.2) is 23.4 Å². The molecule has 8 heteroatoms. The van der Waals surface area contributed by atoms with Gasteiger partial charge < -0.3 is 9.84 Å². The van der Waals surface area contributed by atoms with Crippen LogP contribution in [0.1, 0.15) is 20.8 Å². The van der Waals surface area contributed by atoms with E-state index < -0.39 is 30.7 Å². The lowest BCUT2D eigenvalue weighted by molar-refractivity contribution is -0.187. The molecule has 1 N–H and O–H groups in total. The molecule has 0 aromatic heterocycles. The number of carboxylic acids is 1. The van der Waals surface area contributed by atoms with Gasteiger partial charge in [0.2, 0.25) is 6.10 Å². The average Bonchev–Trinajstić information content (AvgIpc) is 2.41. The van der Waals surface area contributed by atoms with Gasteiger partial charge in [-0.15, -0.1) is 0 Å². The van der Waals surface area contributed by atoms with Crippen LogP contribution in [0.2, 0.25) is 0 Å². The maximum Gasteiger partial charge on any atom is 0.430 e. The Kier molecular flexibility index (Phi) is 3.17. The number of aliphatic carboxylic acids is 1. The maximum absolute atomic E-state index is 13.1. The molecule has 2 rings (SSSR count). The van der Waals surface area contributed by atoms with Crippen molar-refractivity contribution in [2.24, 2.45) is 0 Å². The molecule has 1 aliphatic rings. The number of carbonyl (C=O) groups is 1. The summed E-state index contributed by atoms with van der Waals surface area (Å²) in [6.45, 7) is -1.20. The summed E-state index contributed by atoms with van der Waals surface area (Å²) in [6.07, 6.45) is -6.96. The van der Waals surface area contributed by atoms with E-state index in [-0.39, 0.29) is 25.8 Å². The highest BCUT2D eigenvalue weighted by atomic mass is 79.9. The molecule has 0 spiro atoms. The number of ether oxygens (including phenoxy) is 1. The van der Waals surface area contributed by atoms with Crippen molar-refractivity contribution in [2.45, 2.75) is 26.1 Å². The molecule has 1 aromatic rings. The summed E-state index contributed by atoms with van der Waals surface area (Å²) in [5.41, 5.74) is -1.29. The number of hydrogen-bond acceptors (Lipinski definition) is 2. The van der Waals surface area contributed by atoms with Gasteiger partial charge in [0.15, 0.2) is 0 Å². The van der Waals surface area contributed by atoms with Gasteiger partial charge in [0.1, 0.15) is 5.75 Å². The molecule has 1 aromatic carbocycles. The molecule has 0 bridgehead atoms. The molecule has 0 saturated heterocycles. The highest BCUT2D eigenvalue weighted by Crippen LogP contribution is 2.46. The van der Waals surface area contributed by atoms with Crippen LogP contribution in [0.25, 0.3) is 6.08 Å². The van der Waals surface area contributed by atoms with E-state index >= 15 is 0 Å². The van der Waals surface area contributed by atoms with E-state index in [0.717, 1.165) is 0 Å². The topological polar surface area (TPSA) is 46.5 Å². The minimum atomic E-state index is -4.97. The van der Waals surface area contributed by atoms with Gasteiger partial charge in [-0.3, -0.25) is 0 Å². The molecule has 114 valence electrons. The Morgan fingerprint density at radius 3 is 2.48 bits per heavy atom. The lowest BCUT2D eigenvalue weighted by Crippen LogP contribution is -2.40. The largest absolute Gasteiger partial charge is 0.478 e. The van der Waals surface area contributed by atoms with Gasteiger partial charge in [-0.1, -0.05) is 15.9 Å². The maximum atomic E-state index is 13.1. The molecule has 0 aliphatic carbocycles. The van der Waals surface area contributed by atoms with Crippen LogP contribution in [0.4, 0.5) is 13.2 Å². The number of carboxylic acid groups (broad SMARTS) is 1. The van der Waals surface area contributed by atoms with Gasteiger partial charge in [-0.05, 0) is 46.9 Å². The quantitative estimate of drug-likeness (QED) is 0.704. The second-order valence-corrected chi connectivity index (χ2v) is 5.90. The third-order valence-corrected chi connectivity index (χ3v) is 4.90. The molecule has 21 heavy (non-hydrogen) atoms. The summed E-state index contributed by atoms with van der Waals surface area (Å²) in [4.78, 5) is 11.2. The lowest BCUT2D eigenvalue weighted by Gasteiger charge is -2.29. The normalized spacial score (nSPS) is 20.6. The second-order valence-electron chi connectivity index (χ2n) is 4.32. The fourth-order valence-corrected chi connectivity index (χ4v) is 3.07. The summed E-state index contributed by atoms with van der Waals surface area (Å²) in [6, 6.07) is 0. The van der Waals surface area contributed by atoms with E-state index in [9.17, 15) is 18.0 Å². The summed E-state index contributed by atoms with van der Waals surface area (Å²) in [5, 5.41) is 9.07. The predicted molar refractivity (Wildman–Crippen MR) is 77.4 cm³/mol. The van der Waals surface area contributed by atoms with Gasteiger partial charge in [-0.25, -0.2) is 4.79 Å². The SMILES string of the molecule is [2H]C([2H])([2H])c1c(Br)c(C)c(Br)c2c1C=C(C(=O)O)C(C(F)(F)F)O2. The molecule has 0 fully saturated rings. The van der Waals surface area contributed by atoms with Crippen LogP contribution >= 0.6 is 31.9 Å². The Labute approximate surface area is 139 Å². The van der Waals surface area contributed by atoms with E-state index in [4.69, 9.17) is 14.0 Å². The first-order valence-electron chi connectivity index (χ1n) is 6.97. The molecule has 0 saturated carbocycles. The fraction of sp³-hybridized carbons (Fsp3) is 0.308. The van der Waals surface area contributed by atoms with E-state index in [2.05, 4.69) is 31.9 Å². The smallest absolute Gasteiger partial charge is 0.430 e. The molecule has 0 radical (unpaired) electrons. The van der Waals surface area contributed by atoms with Gasteiger partial charge in [0, 0.05) is 14.1 Å². The Hall–Kier alpha value is -1.02. The lowest BCUT2D eigenvalue weighted by atomic mass is 9.96. The van der Waals surface area contributed by atoms with Crippen molar-refractivity contribution < 1.29 is 31.9 Å². The molecule has 1 aliphatic heterocycles. The van der Waals surface area contributed by atoms with Gasteiger partial charge in [0.25, 0.3) is 0 Å². The summed E-state index contributed by atoms with van der Waals surface area (Å²) >= 11 is 6.20. The summed E-state index contributed by atoms with van der Waals surface area (Å²) < 4.78 is 67.3. The van der Waals surface area contributed by atoms with Gasteiger partial charge in [0.05, 0.1) is 10.0 Å². The van der Waals surface area contributed by atoms with Crippen LogP contribution in [0.15, 0.2) is 14.5 Å². The summed E-state index contributed by atoms with van der Waals surface area (Å²) in [5.74, 6) is -2.19. The average molecular weight is 433 g/mol. The Balaban J connectivity index is 2.88. The van der Waals surface area contributed by atoms with Crippen LogP contribution in [0.3, 0.4) is 0 Å². The van der Waals surface area contributed by atoms with E-state index in [1.807, 2.05) is 0 Å². The molecular weight excluding hydrogens is 421 g/mol. The Morgan fingerprint density at radius 2 is 2.00 bits per heavy atom.